The minimum atomic E-state index is -1.42. The number of carboxylic acids is 1. The third-order valence-corrected chi connectivity index (χ3v) is 12.1. The van der Waals surface area contributed by atoms with Gasteiger partial charge in [-0.1, -0.05) is 70.2 Å². The summed E-state index contributed by atoms with van der Waals surface area (Å²) < 4.78 is 0. The highest BCUT2D eigenvalue weighted by atomic mass is 16.4. The molecule has 20 nitrogen and oxygen atoms in total. The average molecular weight is 968 g/mol. The summed E-state index contributed by atoms with van der Waals surface area (Å²) in [6.07, 6.45) is 2.24. The minimum Gasteiger partial charge on any atom is -0.508 e. The van der Waals surface area contributed by atoms with Crippen LogP contribution in [0, 0.1) is 11.8 Å². The van der Waals surface area contributed by atoms with Gasteiger partial charge >= 0.3 is 5.97 Å². The first-order valence-electron chi connectivity index (χ1n) is 23.4. The number of aromatic hydroxyl groups is 2. The van der Waals surface area contributed by atoms with Gasteiger partial charge in [-0.05, 0) is 85.0 Å². The number of aliphatic carboxylic acids is 1. The number of likely N-dealkylation sites (tertiary alicyclic amines) is 1. The molecule has 70 heavy (non-hydrogen) atoms. The number of nitrogens with two attached hydrogens (primary N) is 1. The smallest absolute Gasteiger partial charge is 0.326 e. The van der Waals surface area contributed by atoms with Crippen molar-refractivity contribution in [1.82, 2.24) is 41.8 Å². The summed E-state index contributed by atoms with van der Waals surface area (Å²) in [4.78, 5) is 114. The molecule has 2 heterocycles. The van der Waals surface area contributed by atoms with Crippen LogP contribution in [0.4, 0.5) is 0 Å². The number of hydrogen-bond donors (Lipinski definition) is 11. The molecule has 0 radical (unpaired) electrons. The predicted molar refractivity (Wildman–Crippen MR) is 259 cm³/mol. The molecule has 7 atom stereocenters. The lowest BCUT2D eigenvalue weighted by Crippen LogP contribution is -2.61. The number of phenolic OH excluding ortho intramolecular Hbond substituents is 2. The number of aromatic amines is 1. The van der Waals surface area contributed by atoms with Crippen molar-refractivity contribution in [2.75, 3.05) is 13.1 Å². The normalized spacial score (nSPS) is 16.1. The van der Waals surface area contributed by atoms with E-state index in [9.17, 15) is 53.7 Å². The summed E-state index contributed by atoms with van der Waals surface area (Å²) in [5.41, 5.74) is 7.89. The summed E-state index contributed by atoms with van der Waals surface area (Å²) in [5.74, 6) is -6.80. The van der Waals surface area contributed by atoms with E-state index in [0.717, 1.165) is 10.9 Å². The number of hydrogen-bond acceptors (Lipinski definition) is 11. The van der Waals surface area contributed by atoms with Crippen LogP contribution in [0.2, 0.25) is 0 Å². The largest absolute Gasteiger partial charge is 0.508 e. The summed E-state index contributed by atoms with van der Waals surface area (Å²) >= 11 is 0. The first-order valence-corrected chi connectivity index (χ1v) is 23.4. The molecule has 376 valence electrons. The number of carboxylic acid groups (broad SMARTS) is 1. The zero-order valence-electron chi connectivity index (χ0n) is 40.0. The van der Waals surface area contributed by atoms with Gasteiger partial charge in [0.25, 0.3) is 0 Å². The molecule has 0 bridgehead atoms. The number of phenols is 2. The quantitative estimate of drug-likeness (QED) is 0.0501. The minimum absolute atomic E-state index is 0.0365. The lowest BCUT2D eigenvalue weighted by molar-refractivity contribution is -0.145. The van der Waals surface area contributed by atoms with Crippen molar-refractivity contribution in [1.29, 1.82) is 0 Å². The van der Waals surface area contributed by atoms with Crippen LogP contribution in [0.25, 0.3) is 10.9 Å². The Morgan fingerprint density at radius 1 is 0.671 bits per heavy atom. The SMILES string of the molecule is CC(C)C[C@H](NC(=O)[C@@H]1CCCN1C(=O)[C@@H](NC(=O)[C@H](Cc1ccc(O)cc1)NC(=O)[C@H](Cc1ccc(O)cc1)NC(=O)[C@H](Cc1c[nH]c2ccccc12)NC(=O)[C@H](C)NC(=O)CN)C(C)C)C(=O)O. The van der Waals surface area contributed by atoms with Gasteiger partial charge in [-0.2, -0.15) is 0 Å². The van der Waals surface area contributed by atoms with Crippen LogP contribution in [0.1, 0.15) is 70.6 Å². The Labute approximate surface area is 405 Å². The molecule has 12 N–H and O–H groups in total. The van der Waals surface area contributed by atoms with Gasteiger partial charge in [0.2, 0.25) is 41.4 Å². The second-order valence-electron chi connectivity index (χ2n) is 18.4. The first-order chi connectivity index (χ1) is 33.2. The van der Waals surface area contributed by atoms with Gasteiger partial charge in [-0.15, -0.1) is 0 Å². The van der Waals surface area contributed by atoms with E-state index in [-0.39, 0.29) is 62.6 Å². The number of nitrogens with one attached hydrogen (secondary N) is 7. The number of carbonyl (C=O) groups is 8. The summed E-state index contributed by atoms with van der Waals surface area (Å²) in [7, 11) is 0. The van der Waals surface area contributed by atoms with Crippen LogP contribution in [0.5, 0.6) is 11.5 Å². The number of carbonyl (C=O) groups excluding carboxylic acids is 7. The Hall–Kier alpha value is -7.48. The van der Waals surface area contributed by atoms with Crippen molar-refractivity contribution in [2.24, 2.45) is 17.6 Å². The molecular weight excluding hydrogens is 903 g/mol. The Morgan fingerprint density at radius 2 is 1.20 bits per heavy atom. The van der Waals surface area contributed by atoms with Gasteiger partial charge in [-0.3, -0.25) is 33.6 Å². The number of rotatable bonds is 23. The molecule has 7 amide bonds. The van der Waals surface area contributed by atoms with Crippen molar-refractivity contribution < 1.29 is 53.7 Å². The molecule has 0 saturated carbocycles. The molecule has 0 unspecified atom stereocenters. The van der Waals surface area contributed by atoms with Gasteiger partial charge in [-0.25, -0.2) is 4.79 Å². The molecule has 4 aromatic rings. The Morgan fingerprint density at radius 3 is 1.73 bits per heavy atom. The van der Waals surface area contributed by atoms with E-state index in [1.165, 1.54) is 36.1 Å². The van der Waals surface area contributed by atoms with Crippen LogP contribution in [-0.2, 0) is 57.6 Å². The topological polar surface area (TPSA) is 314 Å². The first kappa shape index (κ1) is 53.5. The van der Waals surface area contributed by atoms with Crippen LogP contribution in [-0.4, -0.2) is 128 Å². The van der Waals surface area contributed by atoms with E-state index in [4.69, 9.17) is 5.73 Å². The molecule has 1 aromatic heterocycles. The van der Waals surface area contributed by atoms with Crippen LogP contribution in [0.3, 0.4) is 0 Å². The van der Waals surface area contributed by atoms with E-state index in [1.54, 1.807) is 44.3 Å². The van der Waals surface area contributed by atoms with Gasteiger partial charge < -0.3 is 62.8 Å². The van der Waals surface area contributed by atoms with E-state index in [2.05, 4.69) is 36.9 Å². The van der Waals surface area contributed by atoms with Gasteiger partial charge in [0.05, 0.1) is 6.54 Å². The molecule has 1 aliphatic heterocycles. The third-order valence-electron chi connectivity index (χ3n) is 12.1. The Balaban J connectivity index is 1.44. The van der Waals surface area contributed by atoms with E-state index >= 15 is 0 Å². The van der Waals surface area contributed by atoms with Crippen molar-refractivity contribution in [3.05, 3.63) is 95.7 Å². The summed E-state index contributed by atoms with van der Waals surface area (Å²) in [5, 5.41) is 46.7. The number of benzene rings is 3. The number of para-hydroxylation sites is 1. The van der Waals surface area contributed by atoms with Gasteiger partial charge in [0, 0.05) is 42.9 Å². The summed E-state index contributed by atoms with van der Waals surface area (Å²) in [6.45, 7) is 8.28. The van der Waals surface area contributed by atoms with E-state index in [0.29, 0.717) is 23.1 Å². The fourth-order valence-corrected chi connectivity index (χ4v) is 8.30. The Bertz CT molecular complexity index is 2490. The molecule has 5 rings (SSSR count). The van der Waals surface area contributed by atoms with E-state index in [1.807, 2.05) is 38.1 Å². The van der Waals surface area contributed by atoms with Crippen molar-refractivity contribution in [3.63, 3.8) is 0 Å². The van der Waals surface area contributed by atoms with Crippen LogP contribution >= 0.6 is 0 Å². The lowest BCUT2D eigenvalue weighted by atomic mass is 9.99. The number of fused-ring (bicyclic) bond motifs is 1. The fourth-order valence-electron chi connectivity index (χ4n) is 8.30. The molecule has 1 aliphatic rings. The van der Waals surface area contributed by atoms with Gasteiger partial charge in [0.1, 0.15) is 53.8 Å². The molecule has 0 spiro atoms. The van der Waals surface area contributed by atoms with Crippen molar-refractivity contribution >= 4 is 58.2 Å². The third kappa shape index (κ3) is 14.8. The maximum Gasteiger partial charge on any atom is 0.326 e. The predicted octanol–water partition coefficient (Wildman–Crippen LogP) is 1.27. The number of aromatic nitrogens is 1. The highest BCUT2D eigenvalue weighted by Gasteiger charge is 2.41. The van der Waals surface area contributed by atoms with Crippen LogP contribution < -0.4 is 37.6 Å². The zero-order valence-corrected chi connectivity index (χ0v) is 40.0. The molecule has 0 aliphatic carbocycles. The number of amides is 7. The van der Waals surface area contributed by atoms with Crippen molar-refractivity contribution in [2.45, 2.75) is 115 Å². The number of H-pyrrole nitrogens is 1. The second-order valence-corrected chi connectivity index (χ2v) is 18.4. The zero-order chi connectivity index (χ0) is 51.2. The molecular formula is C50H65N9O11. The second kappa shape index (κ2) is 24.7. The standard InChI is InChI=1S/C50H65N9O11/c1-27(2)21-40(50(69)70)57-48(67)41-11-8-20-59(41)49(68)43(28(3)4)58-47(66)38(23-31-14-18-34(61)19-15-31)56-45(64)37(22-30-12-16-33(60)17-13-30)55-46(65)39(54-44(63)29(5)53-42(62)25-51)24-32-26-52-36-10-7-6-9-35(32)36/h6-7,9-10,12-19,26-29,37-41,43,52,60-61H,8,11,20-25,51H2,1-5H3,(H,53,62)(H,54,63)(H,55,65)(H,56,64)(H,57,67)(H,58,66)(H,69,70)/t29-,37-,38-,39-,40-,41-,43-/m0/s1. The maximum absolute atomic E-state index is 14.7. The van der Waals surface area contributed by atoms with Crippen LogP contribution in [0.15, 0.2) is 79.0 Å². The molecule has 3 aromatic carbocycles. The molecule has 20 heteroatoms. The highest BCUT2D eigenvalue weighted by molar-refractivity contribution is 5.98. The van der Waals surface area contributed by atoms with Crippen molar-refractivity contribution in [3.8, 4) is 11.5 Å². The van der Waals surface area contributed by atoms with Gasteiger partial charge in [0.15, 0.2) is 0 Å². The molecule has 1 fully saturated rings. The number of nitrogens with zero attached hydrogens (tertiary/aromatic N) is 1. The Kier molecular flexibility index (Phi) is 18.9. The molecule has 1 saturated heterocycles. The fraction of sp³-hybridized carbons (Fsp3) is 0.440. The highest BCUT2D eigenvalue weighted by Crippen LogP contribution is 2.23. The monoisotopic (exact) mass is 967 g/mol. The maximum atomic E-state index is 14.7. The average Bonchev–Trinajstić information content (AvgIpc) is 3.98. The summed E-state index contributed by atoms with van der Waals surface area (Å²) in [6, 6.07) is 10.5. The van der Waals surface area contributed by atoms with E-state index < -0.39 is 95.5 Å². The lowest BCUT2D eigenvalue weighted by Gasteiger charge is -2.32.